The fourth-order valence-electron chi connectivity index (χ4n) is 3.35. The highest BCUT2D eigenvalue weighted by atomic mass is 15.0. The van der Waals surface area contributed by atoms with E-state index in [0.29, 0.717) is 0 Å². The zero-order valence-electron chi connectivity index (χ0n) is 11.2. The molecule has 3 atom stereocenters. The summed E-state index contributed by atoms with van der Waals surface area (Å²) in [4.78, 5) is 0. The number of nitrogens with one attached hydrogen (secondary N) is 1. The van der Waals surface area contributed by atoms with Crippen molar-refractivity contribution in [2.24, 2.45) is 11.8 Å². The van der Waals surface area contributed by atoms with E-state index in [1.54, 1.807) is 0 Å². The summed E-state index contributed by atoms with van der Waals surface area (Å²) in [5, 5.41) is 3.88. The summed E-state index contributed by atoms with van der Waals surface area (Å²) in [6.07, 6.45) is 13.1. The first-order valence-electron chi connectivity index (χ1n) is 7.55. The van der Waals surface area contributed by atoms with E-state index < -0.39 is 0 Å². The lowest BCUT2D eigenvalue weighted by atomic mass is 9.95. The Balaban J connectivity index is 1.70. The molecule has 0 amide bonds. The molecule has 0 radical (unpaired) electrons. The maximum absolute atomic E-state index is 3.88. The molecule has 0 saturated heterocycles. The molecule has 0 spiro atoms. The molecule has 0 aromatic heterocycles. The second kappa shape index (κ2) is 6.05. The van der Waals surface area contributed by atoms with Crippen molar-refractivity contribution in [3.05, 3.63) is 0 Å². The molecule has 2 fully saturated rings. The van der Waals surface area contributed by atoms with Crippen LogP contribution in [0.2, 0.25) is 0 Å². The third-order valence-electron chi connectivity index (χ3n) is 4.61. The lowest BCUT2D eigenvalue weighted by Gasteiger charge is -2.22. The van der Waals surface area contributed by atoms with Crippen molar-refractivity contribution < 1.29 is 0 Å². The molecule has 2 aliphatic carbocycles. The van der Waals surface area contributed by atoms with E-state index in [9.17, 15) is 0 Å². The lowest BCUT2D eigenvalue weighted by Crippen LogP contribution is -2.37. The average molecular weight is 223 g/mol. The maximum atomic E-state index is 3.88. The minimum absolute atomic E-state index is 0.785. The first-order valence-corrected chi connectivity index (χ1v) is 7.55. The average Bonchev–Trinajstić information content (AvgIpc) is 3.06. The Kier molecular flexibility index (Phi) is 4.69. The second-order valence-corrected chi connectivity index (χ2v) is 6.15. The van der Waals surface area contributed by atoms with Crippen LogP contribution < -0.4 is 5.32 Å². The Hall–Kier alpha value is -0.0400. The molecule has 2 rings (SSSR count). The van der Waals surface area contributed by atoms with Crippen LogP contribution in [0.1, 0.15) is 71.6 Å². The number of rotatable bonds is 5. The van der Waals surface area contributed by atoms with Crippen molar-refractivity contribution in [1.82, 2.24) is 5.32 Å². The molecule has 0 aromatic rings. The molecule has 16 heavy (non-hydrogen) atoms. The largest absolute Gasteiger partial charge is 0.311 e. The highest BCUT2D eigenvalue weighted by Crippen LogP contribution is 2.33. The number of hydrogen-bond acceptors (Lipinski definition) is 1. The topological polar surface area (TPSA) is 12.0 Å². The fourth-order valence-corrected chi connectivity index (χ4v) is 3.35. The van der Waals surface area contributed by atoms with Crippen LogP contribution in [0.15, 0.2) is 0 Å². The van der Waals surface area contributed by atoms with Gasteiger partial charge in [-0.25, -0.2) is 0 Å². The SMILES string of the molecule is CCCC1CCCC(NC(C)C2CC2)CC1. The summed E-state index contributed by atoms with van der Waals surface area (Å²) in [6.45, 7) is 4.72. The van der Waals surface area contributed by atoms with Gasteiger partial charge in [0.2, 0.25) is 0 Å². The third kappa shape index (κ3) is 3.76. The van der Waals surface area contributed by atoms with Gasteiger partial charge in [-0.3, -0.25) is 0 Å². The molecule has 1 heteroatoms. The maximum Gasteiger partial charge on any atom is 0.00697 e. The normalized spacial score (nSPS) is 33.4. The third-order valence-corrected chi connectivity index (χ3v) is 4.61. The van der Waals surface area contributed by atoms with Crippen LogP contribution in [-0.4, -0.2) is 12.1 Å². The van der Waals surface area contributed by atoms with Gasteiger partial charge < -0.3 is 5.32 Å². The van der Waals surface area contributed by atoms with Gasteiger partial charge in [0.25, 0.3) is 0 Å². The molecule has 3 unspecified atom stereocenters. The minimum Gasteiger partial charge on any atom is -0.311 e. The van der Waals surface area contributed by atoms with Crippen molar-refractivity contribution in [1.29, 1.82) is 0 Å². The summed E-state index contributed by atoms with van der Waals surface area (Å²) in [7, 11) is 0. The van der Waals surface area contributed by atoms with Crippen molar-refractivity contribution in [3.8, 4) is 0 Å². The van der Waals surface area contributed by atoms with E-state index in [2.05, 4.69) is 19.2 Å². The highest BCUT2D eigenvalue weighted by molar-refractivity contribution is 4.86. The molecule has 0 aliphatic heterocycles. The zero-order valence-corrected chi connectivity index (χ0v) is 11.2. The Morgan fingerprint density at radius 3 is 2.56 bits per heavy atom. The van der Waals surface area contributed by atoms with Crippen molar-refractivity contribution in [2.75, 3.05) is 0 Å². The van der Waals surface area contributed by atoms with Gasteiger partial charge in [0, 0.05) is 12.1 Å². The number of hydrogen-bond donors (Lipinski definition) is 1. The Morgan fingerprint density at radius 2 is 1.88 bits per heavy atom. The van der Waals surface area contributed by atoms with Gasteiger partial charge in [-0.15, -0.1) is 0 Å². The van der Waals surface area contributed by atoms with E-state index in [-0.39, 0.29) is 0 Å². The van der Waals surface area contributed by atoms with Crippen LogP contribution in [-0.2, 0) is 0 Å². The second-order valence-electron chi connectivity index (χ2n) is 6.15. The first kappa shape index (κ1) is 12.4. The summed E-state index contributed by atoms with van der Waals surface area (Å²) >= 11 is 0. The van der Waals surface area contributed by atoms with Gasteiger partial charge in [-0.05, 0) is 50.9 Å². The van der Waals surface area contributed by atoms with E-state index >= 15 is 0 Å². The fraction of sp³-hybridized carbons (Fsp3) is 1.00. The van der Waals surface area contributed by atoms with Gasteiger partial charge in [0.15, 0.2) is 0 Å². The smallest absolute Gasteiger partial charge is 0.00697 e. The monoisotopic (exact) mass is 223 g/mol. The van der Waals surface area contributed by atoms with E-state index in [0.717, 1.165) is 23.9 Å². The Bertz CT molecular complexity index is 198. The summed E-state index contributed by atoms with van der Waals surface area (Å²) in [5.41, 5.74) is 0. The Morgan fingerprint density at radius 1 is 1.06 bits per heavy atom. The van der Waals surface area contributed by atoms with E-state index in [1.165, 1.54) is 57.8 Å². The molecular formula is C15H29N. The molecule has 94 valence electrons. The van der Waals surface area contributed by atoms with Crippen LogP contribution in [0.5, 0.6) is 0 Å². The van der Waals surface area contributed by atoms with Crippen LogP contribution in [0.4, 0.5) is 0 Å². The molecule has 0 bridgehead atoms. The zero-order chi connectivity index (χ0) is 11.4. The van der Waals surface area contributed by atoms with Crippen molar-refractivity contribution in [3.63, 3.8) is 0 Å². The molecule has 1 nitrogen and oxygen atoms in total. The lowest BCUT2D eigenvalue weighted by molar-refractivity contribution is 0.373. The predicted molar refractivity (Wildman–Crippen MR) is 70.6 cm³/mol. The van der Waals surface area contributed by atoms with Gasteiger partial charge in [0.05, 0.1) is 0 Å². The molecule has 2 aliphatic rings. The molecule has 1 N–H and O–H groups in total. The molecule has 2 saturated carbocycles. The molecule has 0 aromatic carbocycles. The highest BCUT2D eigenvalue weighted by Gasteiger charge is 2.29. The Labute approximate surface area is 101 Å². The van der Waals surface area contributed by atoms with Crippen LogP contribution in [0.3, 0.4) is 0 Å². The van der Waals surface area contributed by atoms with Crippen molar-refractivity contribution >= 4 is 0 Å². The van der Waals surface area contributed by atoms with Gasteiger partial charge in [-0.1, -0.05) is 32.6 Å². The minimum atomic E-state index is 0.785. The summed E-state index contributed by atoms with van der Waals surface area (Å²) in [5.74, 6) is 2.04. The van der Waals surface area contributed by atoms with E-state index in [4.69, 9.17) is 0 Å². The van der Waals surface area contributed by atoms with E-state index in [1.807, 2.05) is 0 Å². The first-order chi connectivity index (χ1) is 7.79. The summed E-state index contributed by atoms with van der Waals surface area (Å²) < 4.78 is 0. The van der Waals surface area contributed by atoms with Crippen LogP contribution in [0.25, 0.3) is 0 Å². The van der Waals surface area contributed by atoms with Gasteiger partial charge in [0.1, 0.15) is 0 Å². The van der Waals surface area contributed by atoms with Crippen molar-refractivity contribution in [2.45, 2.75) is 83.7 Å². The standard InChI is InChI=1S/C15H29N/c1-3-5-13-6-4-7-15(11-8-13)16-12(2)14-9-10-14/h12-16H,3-11H2,1-2H3. The summed E-state index contributed by atoms with van der Waals surface area (Å²) in [6, 6.07) is 1.62. The van der Waals surface area contributed by atoms with Gasteiger partial charge >= 0.3 is 0 Å². The molecule has 0 heterocycles. The molecular weight excluding hydrogens is 194 g/mol. The quantitative estimate of drug-likeness (QED) is 0.691. The van der Waals surface area contributed by atoms with Gasteiger partial charge in [-0.2, -0.15) is 0 Å². The predicted octanol–water partition coefficient (Wildman–Crippen LogP) is 4.12. The van der Waals surface area contributed by atoms with Crippen LogP contribution >= 0.6 is 0 Å². The van der Waals surface area contributed by atoms with Crippen LogP contribution in [0, 0.1) is 11.8 Å².